The molecule has 0 radical (unpaired) electrons. The summed E-state index contributed by atoms with van der Waals surface area (Å²) in [4.78, 5) is 23.6. The van der Waals surface area contributed by atoms with Crippen molar-refractivity contribution in [3.05, 3.63) is 75.8 Å². The highest BCUT2D eigenvalue weighted by atomic mass is 35.5. The van der Waals surface area contributed by atoms with Crippen LogP contribution >= 0.6 is 11.6 Å². The van der Waals surface area contributed by atoms with E-state index in [2.05, 4.69) is 15.3 Å². The average molecular weight is 457 g/mol. The summed E-state index contributed by atoms with van der Waals surface area (Å²) < 4.78 is 24.6. The number of aromatic nitrogens is 2. The predicted molar refractivity (Wildman–Crippen MR) is 120 cm³/mol. The van der Waals surface area contributed by atoms with E-state index in [-0.39, 0.29) is 10.8 Å². The highest BCUT2D eigenvalue weighted by molar-refractivity contribution is 7.90. The maximum Gasteiger partial charge on any atom is 0.257 e. The van der Waals surface area contributed by atoms with Crippen LogP contribution < -0.4 is 5.32 Å². The van der Waals surface area contributed by atoms with E-state index in [0.717, 1.165) is 23.3 Å². The quantitative estimate of drug-likeness (QED) is 0.628. The number of sulfone groups is 1. The van der Waals surface area contributed by atoms with Crippen LogP contribution in [-0.2, 0) is 22.8 Å². The molecule has 0 aliphatic carbocycles. The van der Waals surface area contributed by atoms with Crippen LogP contribution in [0.5, 0.6) is 0 Å². The second-order valence-corrected chi connectivity index (χ2v) is 10.0. The van der Waals surface area contributed by atoms with Crippen molar-refractivity contribution in [1.29, 1.82) is 0 Å². The molecule has 0 spiro atoms. The number of hydrogen-bond acceptors (Lipinski definition) is 6. The molecule has 0 bridgehead atoms. The van der Waals surface area contributed by atoms with Gasteiger partial charge in [-0.15, -0.1) is 0 Å². The van der Waals surface area contributed by atoms with Crippen molar-refractivity contribution >= 4 is 38.7 Å². The van der Waals surface area contributed by atoms with Crippen LogP contribution in [0.15, 0.2) is 47.4 Å². The molecule has 160 valence electrons. The summed E-state index contributed by atoms with van der Waals surface area (Å²) in [6.07, 6.45) is 1.61. The van der Waals surface area contributed by atoms with Gasteiger partial charge in [0.25, 0.3) is 5.91 Å². The topological polar surface area (TPSA) is 92.3 Å². The Kier molecular flexibility index (Phi) is 5.45. The Hall–Kier alpha value is -2.97. The van der Waals surface area contributed by atoms with E-state index in [0.29, 0.717) is 40.6 Å². The zero-order valence-corrected chi connectivity index (χ0v) is 18.9. The zero-order valence-electron chi connectivity index (χ0n) is 17.3. The number of carbonyl (C=O) groups is 1. The van der Waals surface area contributed by atoms with E-state index < -0.39 is 9.84 Å². The Morgan fingerprint density at radius 1 is 1.10 bits per heavy atom. The van der Waals surface area contributed by atoms with Gasteiger partial charge in [-0.1, -0.05) is 17.7 Å². The lowest BCUT2D eigenvalue weighted by atomic mass is 10.1. The third-order valence-electron chi connectivity index (χ3n) is 5.02. The number of amides is 1. The van der Waals surface area contributed by atoms with Crippen molar-refractivity contribution < 1.29 is 13.2 Å². The first kappa shape index (κ1) is 21.3. The molecular weight excluding hydrogens is 436 g/mol. The number of halogens is 1. The second-order valence-electron chi connectivity index (χ2n) is 7.63. The van der Waals surface area contributed by atoms with Crippen molar-refractivity contribution in [2.24, 2.45) is 0 Å². The molecule has 2 aromatic heterocycles. The molecule has 0 unspecified atom stereocenters. The summed E-state index contributed by atoms with van der Waals surface area (Å²) in [5, 5.41) is 3.46. The van der Waals surface area contributed by atoms with Crippen LogP contribution in [0.3, 0.4) is 0 Å². The fraction of sp³-hybridized carbons (Fsp3) is 0.227. The fourth-order valence-electron chi connectivity index (χ4n) is 3.62. The Morgan fingerprint density at radius 2 is 1.87 bits per heavy atom. The molecule has 1 aliphatic heterocycles. The van der Waals surface area contributed by atoms with Crippen molar-refractivity contribution in [2.75, 3.05) is 18.6 Å². The Bertz CT molecular complexity index is 1310. The third kappa shape index (κ3) is 4.40. The molecule has 4 rings (SSSR count). The minimum Gasteiger partial charge on any atom is -0.354 e. The number of nitrogens with one attached hydrogen (secondary N) is 1. The van der Waals surface area contributed by atoms with Crippen molar-refractivity contribution in [1.82, 2.24) is 14.9 Å². The van der Waals surface area contributed by atoms with E-state index in [1.807, 2.05) is 25.1 Å². The Morgan fingerprint density at radius 3 is 2.58 bits per heavy atom. The van der Waals surface area contributed by atoms with Gasteiger partial charge in [0.2, 0.25) is 0 Å². The van der Waals surface area contributed by atoms with E-state index in [9.17, 15) is 13.2 Å². The summed E-state index contributed by atoms with van der Waals surface area (Å²) in [6, 6.07) is 12.2. The zero-order chi connectivity index (χ0) is 22.3. The summed E-state index contributed by atoms with van der Waals surface area (Å²) >= 11 is 6.02. The molecule has 31 heavy (non-hydrogen) atoms. The summed E-state index contributed by atoms with van der Waals surface area (Å²) in [5.74, 6) is -0.167. The first-order valence-corrected chi connectivity index (χ1v) is 11.9. The molecule has 3 heterocycles. The van der Waals surface area contributed by atoms with Crippen LogP contribution in [-0.4, -0.2) is 42.5 Å². The second kappa shape index (κ2) is 7.94. The summed E-state index contributed by atoms with van der Waals surface area (Å²) in [5.41, 5.74) is 4.45. The number of benzene rings is 1. The smallest absolute Gasteiger partial charge is 0.257 e. The standard InChI is InChI=1S/C22H21ClN4O3S/c1-13-5-4-6-15(24-13)10-16-11-18(21-19(25-16)12-27(2)22(21)28)26-17-8-7-14(23)9-20(17)31(3,29)30/h4-9,11H,10,12H2,1-3H3,(H,25,26). The van der Waals surface area contributed by atoms with Gasteiger partial charge in [0.05, 0.1) is 34.1 Å². The SMILES string of the molecule is Cc1cccc(Cc2cc(Nc3ccc(Cl)cc3S(C)(=O)=O)c3c(n2)CN(C)C3=O)n1. The van der Waals surface area contributed by atoms with Crippen molar-refractivity contribution in [3.8, 4) is 0 Å². The first-order chi connectivity index (χ1) is 14.6. The van der Waals surface area contributed by atoms with Gasteiger partial charge in [0.15, 0.2) is 9.84 Å². The Labute approximate surface area is 186 Å². The number of hydrogen-bond donors (Lipinski definition) is 1. The van der Waals surface area contributed by atoms with Gasteiger partial charge < -0.3 is 10.2 Å². The number of aryl methyl sites for hydroxylation is 1. The van der Waals surface area contributed by atoms with Crippen LogP contribution in [0.1, 0.15) is 33.1 Å². The van der Waals surface area contributed by atoms with E-state index in [4.69, 9.17) is 11.6 Å². The van der Waals surface area contributed by atoms with Gasteiger partial charge in [-0.05, 0) is 43.3 Å². The third-order valence-corrected chi connectivity index (χ3v) is 6.39. The number of fused-ring (bicyclic) bond motifs is 1. The van der Waals surface area contributed by atoms with Gasteiger partial charge in [0.1, 0.15) is 0 Å². The first-order valence-electron chi connectivity index (χ1n) is 9.59. The van der Waals surface area contributed by atoms with Crippen molar-refractivity contribution in [2.45, 2.75) is 24.8 Å². The minimum absolute atomic E-state index is 0.0614. The van der Waals surface area contributed by atoms with Crippen LogP contribution in [0.2, 0.25) is 5.02 Å². The maximum atomic E-state index is 12.8. The van der Waals surface area contributed by atoms with E-state index >= 15 is 0 Å². The van der Waals surface area contributed by atoms with Crippen molar-refractivity contribution in [3.63, 3.8) is 0 Å². The number of carbonyl (C=O) groups excluding carboxylic acids is 1. The number of nitrogens with zero attached hydrogens (tertiary/aromatic N) is 3. The van der Waals surface area contributed by atoms with Gasteiger partial charge in [-0.3, -0.25) is 14.8 Å². The van der Waals surface area contributed by atoms with Crippen LogP contribution in [0.4, 0.5) is 11.4 Å². The molecule has 0 saturated heterocycles. The average Bonchev–Trinajstić information content (AvgIpc) is 2.96. The molecule has 9 heteroatoms. The van der Waals surface area contributed by atoms with Crippen LogP contribution in [0.25, 0.3) is 0 Å². The lowest BCUT2D eigenvalue weighted by molar-refractivity contribution is 0.0817. The van der Waals surface area contributed by atoms with Gasteiger partial charge in [-0.2, -0.15) is 0 Å². The number of pyridine rings is 2. The maximum absolute atomic E-state index is 12.8. The highest BCUT2D eigenvalue weighted by Gasteiger charge is 2.30. The molecule has 0 fully saturated rings. The van der Waals surface area contributed by atoms with Crippen LogP contribution in [0, 0.1) is 6.92 Å². The summed E-state index contributed by atoms with van der Waals surface area (Å²) in [7, 11) is -1.84. The molecule has 7 nitrogen and oxygen atoms in total. The minimum atomic E-state index is -3.55. The van der Waals surface area contributed by atoms with E-state index in [1.165, 1.54) is 6.07 Å². The van der Waals surface area contributed by atoms with Gasteiger partial charge >= 0.3 is 0 Å². The highest BCUT2D eigenvalue weighted by Crippen LogP contribution is 2.34. The van der Waals surface area contributed by atoms with Gasteiger partial charge in [0, 0.05) is 41.8 Å². The summed E-state index contributed by atoms with van der Waals surface area (Å²) in [6.45, 7) is 2.31. The molecule has 1 N–H and O–H groups in total. The molecule has 3 aromatic rings. The normalized spacial score (nSPS) is 13.4. The fourth-order valence-corrected chi connectivity index (χ4v) is 4.72. The molecule has 0 atom stereocenters. The molecule has 1 aliphatic rings. The monoisotopic (exact) mass is 456 g/mol. The molecule has 0 saturated carbocycles. The number of rotatable bonds is 5. The molecule has 1 amide bonds. The predicted octanol–water partition coefficient (Wildman–Crippen LogP) is 3.76. The largest absolute Gasteiger partial charge is 0.354 e. The van der Waals surface area contributed by atoms with Gasteiger partial charge in [-0.25, -0.2) is 8.42 Å². The van der Waals surface area contributed by atoms with E-state index in [1.54, 1.807) is 30.1 Å². The molecular formula is C22H21ClN4O3S. The number of anilines is 2. The Balaban J connectivity index is 1.81. The lowest BCUT2D eigenvalue weighted by Gasteiger charge is -2.15. The molecule has 1 aromatic carbocycles. The lowest BCUT2D eigenvalue weighted by Crippen LogP contribution is -2.18.